The van der Waals surface area contributed by atoms with Crippen LogP contribution in [0.5, 0.6) is 0 Å². The van der Waals surface area contributed by atoms with E-state index in [1.807, 2.05) is 6.92 Å². The van der Waals surface area contributed by atoms with Crippen LogP contribution in [-0.4, -0.2) is 48.2 Å². The number of nitrogens with zero attached hydrogens (tertiary/aromatic N) is 2. The Labute approximate surface area is 100 Å². The Balaban J connectivity index is 1.80. The molecule has 6 nitrogen and oxygen atoms in total. The summed E-state index contributed by atoms with van der Waals surface area (Å²) in [6.07, 6.45) is 0. The van der Waals surface area contributed by atoms with Gasteiger partial charge in [0.25, 0.3) is 0 Å². The van der Waals surface area contributed by atoms with E-state index >= 15 is 0 Å². The van der Waals surface area contributed by atoms with E-state index in [1.165, 1.54) is 0 Å². The Morgan fingerprint density at radius 1 is 1.76 bits per heavy atom. The monoisotopic (exact) mass is 238 g/mol. The number of carbonyl (C=O) groups excluding carboxylic acids is 1. The Morgan fingerprint density at radius 3 is 3.24 bits per heavy atom. The third-order valence-corrected chi connectivity index (χ3v) is 2.71. The van der Waals surface area contributed by atoms with Gasteiger partial charge in [-0.1, -0.05) is 5.16 Å². The lowest BCUT2D eigenvalue weighted by Gasteiger charge is -2.30. The fourth-order valence-electron chi connectivity index (χ4n) is 1.96. The molecule has 1 saturated heterocycles. The van der Waals surface area contributed by atoms with E-state index in [2.05, 4.69) is 27.6 Å². The van der Waals surface area contributed by atoms with E-state index in [4.69, 9.17) is 4.52 Å². The molecule has 0 spiro atoms. The van der Waals surface area contributed by atoms with Gasteiger partial charge >= 0.3 is 0 Å². The lowest BCUT2D eigenvalue weighted by atomic mass is 10.2. The Kier molecular flexibility index (Phi) is 3.75. The second-order valence-electron chi connectivity index (χ2n) is 4.47. The highest BCUT2D eigenvalue weighted by Gasteiger charge is 2.18. The standard InChI is InChI=1S/C11H18N4O2/c1-8-5-11(17-14-8)13-10(16)7-15-4-3-12-9(2)6-15/h5,9,12H,3-4,6-7H2,1-2H3,(H,13,16). The normalized spacial score (nSPS) is 21.4. The number of carbonyl (C=O) groups is 1. The first-order valence-corrected chi connectivity index (χ1v) is 5.82. The van der Waals surface area contributed by atoms with E-state index in [9.17, 15) is 4.79 Å². The number of nitrogens with one attached hydrogen (secondary N) is 2. The third kappa shape index (κ3) is 3.54. The van der Waals surface area contributed by atoms with Crippen LogP contribution in [0, 0.1) is 6.92 Å². The van der Waals surface area contributed by atoms with Gasteiger partial charge in [-0.15, -0.1) is 0 Å². The fourth-order valence-corrected chi connectivity index (χ4v) is 1.96. The average molecular weight is 238 g/mol. The molecule has 1 aliphatic heterocycles. The van der Waals surface area contributed by atoms with Crippen molar-refractivity contribution in [1.82, 2.24) is 15.4 Å². The van der Waals surface area contributed by atoms with E-state index in [0.29, 0.717) is 18.5 Å². The molecule has 6 heteroatoms. The van der Waals surface area contributed by atoms with Crippen LogP contribution in [0.15, 0.2) is 10.6 Å². The van der Waals surface area contributed by atoms with Crippen LogP contribution in [-0.2, 0) is 4.79 Å². The van der Waals surface area contributed by atoms with Gasteiger partial charge in [0.1, 0.15) is 0 Å². The van der Waals surface area contributed by atoms with Crippen LogP contribution in [0.3, 0.4) is 0 Å². The summed E-state index contributed by atoms with van der Waals surface area (Å²) in [5.74, 6) is 0.353. The molecule has 0 bridgehead atoms. The van der Waals surface area contributed by atoms with Gasteiger partial charge in [0.05, 0.1) is 12.2 Å². The van der Waals surface area contributed by atoms with Crippen molar-refractivity contribution in [2.24, 2.45) is 0 Å². The zero-order chi connectivity index (χ0) is 12.3. The molecule has 1 unspecified atom stereocenters. The van der Waals surface area contributed by atoms with Gasteiger partial charge in [-0.3, -0.25) is 15.0 Å². The maximum atomic E-state index is 11.7. The van der Waals surface area contributed by atoms with Gasteiger partial charge in [0.2, 0.25) is 11.8 Å². The maximum Gasteiger partial charge on any atom is 0.240 e. The van der Waals surface area contributed by atoms with Crippen LogP contribution < -0.4 is 10.6 Å². The molecule has 2 heterocycles. The van der Waals surface area contributed by atoms with Crippen molar-refractivity contribution in [2.75, 3.05) is 31.5 Å². The van der Waals surface area contributed by atoms with Crippen LogP contribution in [0.2, 0.25) is 0 Å². The molecule has 1 atom stereocenters. The molecule has 1 amide bonds. The number of anilines is 1. The number of aryl methyl sites for hydroxylation is 1. The highest BCUT2D eigenvalue weighted by molar-refractivity contribution is 5.90. The summed E-state index contributed by atoms with van der Waals surface area (Å²) in [4.78, 5) is 13.9. The molecule has 0 radical (unpaired) electrons. The van der Waals surface area contributed by atoms with E-state index in [0.717, 1.165) is 25.3 Å². The molecule has 1 aromatic rings. The van der Waals surface area contributed by atoms with E-state index in [-0.39, 0.29) is 5.91 Å². The lowest BCUT2D eigenvalue weighted by Crippen LogP contribution is -2.51. The summed E-state index contributed by atoms with van der Waals surface area (Å²) in [6, 6.07) is 2.14. The molecular weight excluding hydrogens is 220 g/mol. The molecule has 2 N–H and O–H groups in total. The van der Waals surface area contributed by atoms with Crippen LogP contribution in [0.4, 0.5) is 5.88 Å². The third-order valence-electron chi connectivity index (χ3n) is 2.71. The van der Waals surface area contributed by atoms with E-state index in [1.54, 1.807) is 6.07 Å². The topological polar surface area (TPSA) is 70.4 Å². The SMILES string of the molecule is Cc1cc(NC(=O)CN2CCNC(C)C2)on1. The molecule has 0 saturated carbocycles. The van der Waals surface area contributed by atoms with Gasteiger partial charge in [-0.2, -0.15) is 0 Å². The van der Waals surface area contributed by atoms with Gasteiger partial charge < -0.3 is 9.84 Å². The zero-order valence-corrected chi connectivity index (χ0v) is 10.2. The first-order chi connectivity index (χ1) is 8.13. The molecule has 2 rings (SSSR count). The predicted molar refractivity (Wildman–Crippen MR) is 63.8 cm³/mol. The summed E-state index contributed by atoms with van der Waals surface area (Å²) >= 11 is 0. The molecule has 1 aliphatic rings. The first kappa shape index (κ1) is 12.1. The van der Waals surface area contributed by atoms with Crippen LogP contribution in [0.1, 0.15) is 12.6 Å². The van der Waals surface area contributed by atoms with Crippen LogP contribution >= 0.6 is 0 Å². The second-order valence-corrected chi connectivity index (χ2v) is 4.47. The number of piperazine rings is 1. The quantitative estimate of drug-likeness (QED) is 0.788. The summed E-state index contributed by atoms with van der Waals surface area (Å²) < 4.78 is 4.93. The number of hydrogen-bond acceptors (Lipinski definition) is 5. The van der Waals surface area contributed by atoms with Gasteiger partial charge in [0, 0.05) is 31.7 Å². The first-order valence-electron chi connectivity index (χ1n) is 5.82. The highest BCUT2D eigenvalue weighted by atomic mass is 16.5. The molecule has 94 valence electrons. The molecule has 17 heavy (non-hydrogen) atoms. The molecule has 0 aliphatic carbocycles. The highest BCUT2D eigenvalue weighted by Crippen LogP contribution is 2.08. The van der Waals surface area contributed by atoms with Crippen molar-refractivity contribution in [3.05, 3.63) is 11.8 Å². The van der Waals surface area contributed by atoms with Gasteiger partial charge in [-0.05, 0) is 13.8 Å². The van der Waals surface area contributed by atoms with Gasteiger partial charge in [-0.25, -0.2) is 0 Å². The summed E-state index contributed by atoms with van der Waals surface area (Å²) in [5, 5.41) is 9.75. The van der Waals surface area contributed by atoms with Crippen LogP contribution in [0.25, 0.3) is 0 Å². The van der Waals surface area contributed by atoms with Crippen molar-refractivity contribution < 1.29 is 9.32 Å². The Morgan fingerprint density at radius 2 is 2.59 bits per heavy atom. The summed E-state index contributed by atoms with van der Waals surface area (Å²) in [7, 11) is 0. The summed E-state index contributed by atoms with van der Waals surface area (Å²) in [6.45, 7) is 7.04. The summed E-state index contributed by atoms with van der Waals surface area (Å²) in [5.41, 5.74) is 0.760. The average Bonchev–Trinajstić information content (AvgIpc) is 2.63. The smallest absolute Gasteiger partial charge is 0.240 e. The van der Waals surface area contributed by atoms with E-state index < -0.39 is 0 Å². The minimum absolute atomic E-state index is 0.0600. The number of hydrogen-bond donors (Lipinski definition) is 2. The molecule has 1 fully saturated rings. The largest absolute Gasteiger partial charge is 0.338 e. The zero-order valence-electron chi connectivity index (χ0n) is 10.2. The minimum Gasteiger partial charge on any atom is -0.338 e. The number of amides is 1. The van der Waals surface area contributed by atoms with Crippen molar-refractivity contribution in [2.45, 2.75) is 19.9 Å². The Hall–Kier alpha value is -1.40. The number of rotatable bonds is 3. The maximum absolute atomic E-state index is 11.7. The van der Waals surface area contributed by atoms with Crippen molar-refractivity contribution in [3.63, 3.8) is 0 Å². The second kappa shape index (κ2) is 5.29. The molecule has 0 aromatic carbocycles. The Bertz CT molecular complexity index is 391. The predicted octanol–water partition coefficient (Wildman–Crippen LogP) is 0.215. The molecule has 1 aromatic heterocycles. The van der Waals surface area contributed by atoms with Crippen molar-refractivity contribution >= 4 is 11.8 Å². The molecular formula is C11H18N4O2. The fraction of sp³-hybridized carbons (Fsp3) is 0.636. The van der Waals surface area contributed by atoms with Crippen molar-refractivity contribution in [3.8, 4) is 0 Å². The van der Waals surface area contributed by atoms with Gasteiger partial charge in [0.15, 0.2) is 0 Å². The lowest BCUT2D eigenvalue weighted by molar-refractivity contribution is -0.117. The number of aromatic nitrogens is 1. The minimum atomic E-state index is -0.0600. The van der Waals surface area contributed by atoms with Crippen molar-refractivity contribution in [1.29, 1.82) is 0 Å².